The molecule has 0 amide bonds. The molecule has 1 saturated carbocycles. The Balaban J connectivity index is 2.59. The Morgan fingerprint density at radius 3 is 2.33 bits per heavy atom. The molecule has 0 bridgehead atoms. The van der Waals surface area contributed by atoms with E-state index >= 15 is 0 Å². The van der Waals surface area contributed by atoms with Crippen LogP contribution < -0.4 is 0 Å². The summed E-state index contributed by atoms with van der Waals surface area (Å²) in [7, 11) is 1.77. The van der Waals surface area contributed by atoms with E-state index in [0.717, 1.165) is 19.3 Å². The van der Waals surface area contributed by atoms with Gasteiger partial charge in [0.15, 0.2) is 0 Å². The lowest BCUT2D eigenvalue weighted by Gasteiger charge is -2.36. The Morgan fingerprint density at radius 2 is 1.83 bits per heavy atom. The fourth-order valence-electron chi connectivity index (χ4n) is 3.42. The molecule has 1 fully saturated rings. The lowest BCUT2D eigenvalue weighted by molar-refractivity contribution is -0.00720. The molecule has 3 nitrogen and oxygen atoms in total. The maximum atomic E-state index is 10.9. The van der Waals surface area contributed by atoms with Crippen molar-refractivity contribution in [3.8, 4) is 0 Å². The van der Waals surface area contributed by atoms with Gasteiger partial charge in [0, 0.05) is 7.11 Å². The van der Waals surface area contributed by atoms with Crippen molar-refractivity contribution in [1.29, 1.82) is 0 Å². The van der Waals surface area contributed by atoms with Gasteiger partial charge in [-0.2, -0.15) is 4.91 Å². The van der Waals surface area contributed by atoms with Crippen LogP contribution in [0, 0.1) is 22.7 Å². The van der Waals surface area contributed by atoms with E-state index in [1.54, 1.807) is 7.11 Å². The van der Waals surface area contributed by atoms with E-state index < -0.39 is 0 Å². The van der Waals surface area contributed by atoms with Gasteiger partial charge in [-0.1, -0.05) is 19.0 Å². The fourth-order valence-corrected chi connectivity index (χ4v) is 3.42. The van der Waals surface area contributed by atoms with Crippen LogP contribution >= 0.6 is 0 Å². The van der Waals surface area contributed by atoms with E-state index in [1.807, 2.05) is 0 Å². The van der Waals surface area contributed by atoms with Gasteiger partial charge in [0.2, 0.25) is 0 Å². The molecular weight excluding hydrogens is 226 g/mol. The highest BCUT2D eigenvalue weighted by Gasteiger charge is 2.33. The molecule has 1 rings (SSSR count). The molecule has 0 aromatic heterocycles. The van der Waals surface area contributed by atoms with E-state index in [-0.39, 0.29) is 11.6 Å². The number of hydrogen-bond acceptors (Lipinski definition) is 3. The van der Waals surface area contributed by atoms with Crippen molar-refractivity contribution in [3.63, 3.8) is 0 Å². The maximum Gasteiger partial charge on any atom is 0.0925 e. The van der Waals surface area contributed by atoms with Gasteiger partial charge >= 0.3 is 0 Å². The smallest absolute Gasteiger partial charge is 0.0925 e. The number of ether oxygens (including phenoxy) is 1. The quantitative estimate of drug-likeness (QED) is 0.660. The summed E-state index contributed by atoms with van der Waals surface area (Å²) < 4.78 is 5.52. The van der Waals surface area contributed by atoms with Crippen molar-refractivity contribution in [2.24, 2.45) is 22.9 Å². The number of nitroso groups, excluding NO2 is 1. The second-order valence-electron chi connectivity index (χ2n) is 7.00. The maximum absolute atomic E-state index is 10.9. The molecule has 3 unspecified atom stereocenters. The first-order valence-corrected chi connectivity index (χ1v) is 7.24. The molecule has 0 aromatic carbocycles. The average molecular weight is 255 g/mol. The predicted octanol–water partition coefficient (Wildman–Crippen LogP) is 4.40. The van der Waals surface area contributed by atoms with Gasteiger partial charge in [-0.05, 0) is 63.7 Å². The molecule has 0 aromatic rings. The first kappa shape index (κ1) is 15.6. The summed E-state index contributed by atoms with van der Waals surface area (Å²) >= 11 is 0. The zero-order valence-electron chi connectivity index (χ0n) is 12.6. The highest BCUT2D eigenvalue weighted by Crippen LogP contribution is 2.38. The van der Waals surface area contributed by atoms with Gasteiger partial charge in [0.05, 0.1) is 11.6 Å². The average Bonchev–Trinajstić information content (AvgIpc) is 2.27. The van der Waals surface area contributed by atoms with Gasteiger partial charge in [-0.25, -0.2) is 0 Å². The summed E-state index contributed by atoms with van der Waals surface area (Å²) in [5, 5.41) is 3.32. The third-order valence-electron chi connectivity index (χ3n) is 4.16. The molecule has 1 aliphatic carbocycles. The SMILES string of the molecule is COC(C)(C)CC1CC(CC(C)C)CC(N=O)C1. The van der Waals surface area contributed by atoms with Crippen molar-refractivity contribution in [2.45, 2.75) is 71.4 Å². The Kier molecular flexibility index (Phi) is 5.77. The number of methoxy groups -OCH3 is 1. The van der Waals surface area contributed by atoms with Crippen LogP contribution in [-0.4, -0.2) is 18.8 Å². The van der Waals surface area contributed by atoms with Crippen molar-refractivity contribution in [1.82, 2.24) is 0 Å². The second-order valence-corrected chi connectivity index (χ2v) is 7.00. The Morgan fingerprint density at radius 1 is 1.22 bits per heavy atom. The number of nitrogens with zero attached hydrogens (tertiary/aromatic N) is 1. The lowest BCUT2D eigenvalue weighted by Crippen LogP contribution is -2.32. The van der Waals surface area contributed by atoms with Crippen LogP contribution in [0.5, 0.6) is 0 Å². The fraction of sp³-hybridized carbons (Fsp3) is 1.00. The molecule has 0 saturated heterocycles. The molecule has 1 aliphatic rings. The molecular formula is C15H29NO2. The molecule has 0 heterocycles. The third-order valence-corrected chi connectivity index (χ3v) is 4.16. The van der Waals surface area contributed by atoms with Gasteiger partial charge in [0.1, 0.15) is 0 Å². The van der Waals surface area contributed by atoms with E-state index in [0.29, 0.717) is 17.8 Å². The minimum Gasteiger partial charge on any atom is -0.379 e. The van der Waals surface area contributed by atoms with Crippen molar-refractivity contribution in [2.75, 3.05) is 7.11 Å². The molecule has 0 radical (unpaired) electrons. The van der Waals surface area contributed by atoms with E-state index in [2.05, 4.69) is 32.9 Å². The minimum absolute atomic E-state index is 0.0279. The van der Waals surface area contributed by atoms with E-state index in [4.69, 9.17) is 4.74 Å². The normalized spacial score (nSPS) is 29.6. The standard InChI is InChI=1S/C15H29NO2/c1-11(2)6-12-7-13(9-14(8-12)16-17)10-15(3,4)18-5/h11-14H,6-10H2,1-5H3. The number of rotatable bonds is 6. The first-order valence-electron chi connectivity index (χ1n) is 7.24. The largest absolute Gasteiger partial charge is 0.379 e. The van der Waals surface area contributed by atoms with Gasteiger partial charge in [-0.15, -0.1) is 0 Å². The van der Waals surface area contributed by atoms with Crippen LogP contribution in [0.15, 0.2) is 5.18 Å². The van der Waals surface area contributed by atoms with Crippen LogP contribution in [0.25, 0.3) is 0 Å². The van der Waals surface area contributed by atoms with Crippen LogP contribution in [0.1, 0.15) is 59.8 Å². The topological polar surface area (TPSA) is 38.7 Å². The van der Waals surface area contributed by atoms with E-state index in [9.17, 15) is 4.91 Å². The monoisotopic (exact) mass is 255 g/mol. The zero-order chi connectivity index (χ0) is 13.8. The van der Waals surface area contributed by atoms with Crippen LogP contribution in [0.3, 0.4) is 0 Å². The lowest BCUT2D eigenvalue weighted by atomic mass is 9.72. The molecule has 106 valence electrons. The predicted molar refractivity (Wildman–Crippen MR) is 75.6 cm³/mol. The van der Waals surface area contributed by atoms with Crippen LogP contribution in [-0.2, 0) is 4.74 Å². The molecule has 3 heteroatoms. The van der Waals surface area contributed by atoms with Gasteiger partial charge in [0.25, 0.3) is 0 Å². The van der Waals surface area contributed by atoms with E-state index in [1.165, 1.54) is 12.8 Å². The second kappa shape index (κ2) is 6.65. The van der Waals surface area contributed by atoms with Crippen molar-refractivity contribution in [3.05, 3.63) is 4.91 Å². The molecule has 0 N–H and O–H groups in total. The zero-order valence-corrected chi connectivity index (χ0v) is 12.6. The summed E-state index contributed by atoms with van der Waals surface area (Å²) in [4.78, 5) is 10.9. The first-order chi connectivity index (χ1) is 8.36. The minimum atomic E-state index is -0.0855. The highest BCUT2D eigenvalue weighted by molar-refractivity contribution is 4.86. The van der Waals surface area contributed by atoms with Crippen LogP contribution in [0.2, 0.25) is 0 Å². The number of hydrogen-bond donors (Lipinski definition) is 0. The van der Waals surface area contributed by atoms with Crippen LogP contribution in [0.4, 0.5) is 0 Å². The summed E-state index contributed by atoms with van der Waals surface area (Å²) in [5.41, 5.74) is -0.0855. The molecule has 18 heavy (non-hydrogen) atoms. The Bertz CT molecular complexity index is 263. The Hall–Kier alpha value is -0.440. The van der Waals surface area contributed by atoms with Gasteiger partial charge < -0.3 is 4.74 Å². The molecule has 0 aliphatic heterocycles. The highest BCUT2D eigenvalue weighted by atomic mass is 16.5. The summed E-state index contributed by atoms with van der Waals surface area (Å²) in [5.74, 6) is 1.95. The van der Waals surface area contributed by atoms with Gasteiger partial charge in [-0.3, -0.25) is 0 Å². The third kappa shape index (κ3) is 5.05. The summed E-state index contributed by atoms with van der Waals surface area (Å²) in [6.07, 6.45) is 5.42. The van der Waals surface area contributed by atoms with Crippen molar-refractivity contribution < 1.29 is 4.74 Å². The summed E-state index contributed by atoms with van der Waals surface area (Å²) in [6.45, 7) is 8.77. The molecule has 3 atom stereocenters. The van der Waals surface area contributed by atoms with Crippen molar-refractivity contribution >= 4 is 0 Å². The molecule has 0 spiro atoms. The summed E-state index contributed by atoms with van der Waals surface area (Å²) in [6, 6.07) is 0.0279. The Labute approximate surface area is 112 Å².